The van der Waals surface area contributed by atoms with Gasteiger partial charge < -0.3 is 9.84 Å². The molecule has 0 fully saturated rings. The van der Waals surface area contributed by atoms with E-state index in [1.807, 2.05) is 0 Å². The molecule has 0 aliphatic heterocycles. The summed E-state index contributed by atoms with van der Waals surface area (Å²) in [6, 6.07) is 0.717. The number of rotatable bonds is 7. The number of Topliss-reactive ketones (excluding diaryl/α,β-unsaturated/α-hetero) is 1. The Morgan fingerprint density at radius 3 is 2.25 bits per heavy atom. The van der Waals surface area contributed by atoms with Gasteiger partial charge in [-0.15, -0.1) is 0 Å². The maximum Gasteiger partial charge on any atom is 0.417 e. The molecule has 1 unspecified atom stereocenters. The molecule has 1 rings (SSSR count). The molecule has 0 saturated carbocycles. The SMILES string of the molecule is CCC(=O)N(C(=O)OC(C)(C)C)C(CCC(=O)c1ccc(F)cc1F)C(=O)O. The number of carboxylic acid groups (broad SMARTS) is 1. The first-order valence-electron chi connectivity index (χ1n) is 8.63. The first kappa shape index (κ1) is 23.2. The Labute approximate surface area is 161 Å². The van der Waals surface area contributed by atoms with E-state index in [0.717, 1.165) is 12.1 Å². The van der Waals surface area contributed by atoms with Crippen LogP contribution >= 0.6 is 0 Å². The number of benzene rings is 1. The van der Waals surface area contributed by atoms with Gasteiger partial charge in [0.05, 0.1) is 5.56 Å². The molecule has 1 aromatic carbocycles. The minimum Gasteiger partial charge on any atom is -0.480 e. The monoisotopic (exact) mass is 399 g/mol. The Morgan fingerprint density at radius 1 is 1.18 bits per heavy atom. The second-order valence-corrected chi connectivity index (χ2v) is 7.04. The van der Waals surface area contributed by atoms with Crippen LogP contribution in [0, 0.1) is 11.6 Å². The highest BCUT2D eigenvalue weighted by Crippen LogP contribution is 2.19. The Morgan fingerprint density at radius 2 is 1.79 bits per heavy atom. The smallest absolute Gasteiger partial charge is 0.417 e. The molecule has 0 aliphatic rings. The number of aliphatic carboxylic acids is 1. The molecule has 0 radical (unpaired) electrons. The molecule has 7 nitrogen and oxygen atoms in total. The van der Waals surface area contributed by atoms with E-state index in [1.165, 1.54) is 6.92 Å². The third-order valence-electron chi connectivity index (χ3n) is 3.63. The van der Waals surface area contributed by atoms with Crippen LogP contribution in [0.1, 0.15) is 57.3 Å². The predicted octanol–water partition coefficient (Wildman–Crippen LogP) is 3.55. The third kappa shape index (κ3) is 6.40. The lowest BCUT2D eigenvalue weighted by Crippen LogP contribution is -2.50. The molecule has 0 aliphatic carbocycles. The fourth-order valence-corrected chi connectivity index (χ4v) is 2.37. The number of ether oxygens (including phenoxy) is 1. The number of carbonyl (C=O) groups is 4. The van der Waals surface area contributed by atoms with E-state index in [1.54, 1.807) is 20.8 Å². The van der Waals surface area contributed by atoms with Crippen molar-refractivity contribution in [2.45, 2.75) is 58.6 Å². The van der Waals surface area contributed by atoms with Crippen LogP contribution in [0.4, 0.5) is 13.6 Å². The van der Waals surface area contributed by atoms with Crippen LogP contribution in [-0.2, 0) is 14.3 Å². The van der Waals surface area contributed by atoms with Crippen molar-refractivity contribution in [2.75, 3.05) is 0 Å². The number of carbonyl (C=O) groups excluding carboxylic acids is 3. The number of halogens is 2. The Bertz CT molecular complexity index is 772. The quantitative estimate of drug-likeness (QED) is 0.704. The Kier molecular flexibility index (Phi) is 7.78. The molecular formula is C19H23F2NO6. The largest absolute Gasteiger partial charge is 0.480 e. The number of hydrogen-bond donors (Lipinski definition) is 1. The van der Waals surface area contributed by atoms with Crippen LogP contribution in [0.3, 0.4) is 0 Å². The van der Waals surface area contributed by atoms with Gasteiger partial charge in [-0.3, -0.25) is 9.59 Å². The standard InChI is InChI=1S/C19H23F2NO6/c1-5-16(24)22(18(27)28-19(2,3)4)14(17(25)26)8-9-15(23)12-7-6-11(20)10-13(12)21/h6-7,10,14H,5,8-9H2,1-4H3,(H,25,26). The minimum absolute atomic E-state index is 0.163. The van der Waals surface area contributed by atoms with E-state index >= 15 is 0 Å². The lowest BCUT2D eigenvalue weighted by atomic mass is 10.0. The summed E-state index contributed by atoms with van der Waals surface area (Å²) in [6.45, 7) is 6.10. The van der Waals surface area contributed by atoms with Crippen molar-refractivity contribution in [1.82, 2.24) is 4.90 Å². The van der Waals surface area contributed by atoms with Crippen LogP contribution in [0.15, 0.2) is 18.2 Å². The van der Waals surface area contributed by atoms with Crippen LogP contribution in [0.2, 0.25) is 0 Å². The third-order valence-corrected chi connectivity index (χ3v) is 3.63. The number of hydrogen-bond acceptors (Lipinski definition) is 5. The maximum absolute atomic E-state index is 13.7. The van der Waals surface area contributed by atoms with E-state index < -0.39 is 65.4 Å². The van der Waals surface area contributed by atoms with Crippen LogP contribution in [0.25, 0.3) is 0 Å². The van der Waals surface area contributed by atoms with Crippen molar-refractivity contribution < 1.29 is 37.8 Å². The molecule has 1 atom stereocenters. The number of nitrogens with zero attached hydrogens (tertiary/aromatic N) is 1. The summed E-state index contributed by atoms with van der Waals surface area (Å²) in [5.74, 6) is -5.02. The van der Waals surface area contributed by atoms with Gasteiger partial charge in [0.25, 0.3) is 0 Å². The summed E-state index contributed by atoms with van der Waals surface area (Å²) in [6.07, 6.45) is -2.23. The normalized spacial score (nSPS) is 12.2. The highest BCUT2D eigenvalue weighted by atomic mass is 19.1. The lowest BCUT2D eigenvalue weighted by Gasteiger charge is -2.29. The number of ketones is 1. The molecule has 0 saturated heterocycles. The summed E-state index contributed by atoms with van der Waals surface area (Å²) in [7, 11) is 0. The van der Waals surface area contributed by atoms with Crippen molar-refractivity contribution in [3.8, 4) is 0 Å². The number of carboxylic acids is 1. The van der Waals surface area contributed by atoms with E-state index in [0.29, 0.717) is 11.0 Å². The van der Waals surface area contributed by atoms with E-state index in [-0.39, 0.29) is 6.42 Å². The average Bonchev–Trinajstić information content (AvgIpc) is 2.55. The molecule has 0 spiro atoms. The van der Waals surface area contributed by atoms with Crippen molar-refractivity contribution >= 4 is 23.8 Å². The first-order chi connectivity index (χ1) is 12.9. The second-order valence-electron chi connectivity index (χ2n) is 7.04. The van der Waals surface area contributed by atoms with Gasteiger partial charge in [-0.25, -0.2) is 23.3 Å². The van der Waals surface area contributed by atoms with Gasteiger partial charge in [0, 0.05) is 18.9 Å². The molecule has 0 heterocycles. The molecular weight excluding hydrogens is 376 g/mol. The summed E-state index contributed by atoms with van der Waals surface area (Å²) in [5, 5.41) is 9.47. The van der Waals surface area contributed by atoms with Gasteiger partial charge in [-0.2, -0.15) is 0 Å². The Hall–Kier alpha value is -2.84. The van der Waals surface area contributed by atoms with Crippen molar-refractivity contribution in [2.24, 2.45) is 0 Å². The van der Waals surface area contributed by atoms with Gasteiger partial charge in [-0.05, 0) is 39.3 Å². The van der Waals surface area contributed by atoms with Crippen LogP contribution in [0.5, 0.6) is 0 Å². The number of amides is 2. The van der Waals surface area contributed by atoms with Gasteiger partial charge in [0.1, 0.15) is 23.3 Å². The van der Waals surface area contributed by atoms with Crippen molar-refractivity contribution in [1.29, 1.82) is 0 Å². The van der Waals surface area contributed by atoms with Crippen LogP contribution < -0.4 is 0 Å². The van der Waals surface area contributed by atoms with Gasteiger partial charge >= 0.3 is 12.1 Å². The minimum atomic E-state index is -1.67. The fraction of sp³-hybridized carbons (Fsp3) is 0.474. The fourth-order valence-electron chi connectivity index (χ4n) is 2.37. The van der Waals surface area contributed by atoms with Gasteiger partial charge in [-0.1, -0.05) is 6.92 Å². The topological polar surface area (TPSA) is 101 Å². The maximum atomic E-state index is 13.7. The molecule has 1 N–H and O–H groups in total. The summed E-state index contributed by atoms with van der Waals surface area (Å²) < 4.78 is 31.8. The van der Waals surface area contributed by atoms with E-state index in [4.69, 9.17) is 4.74 Å². The lowest BCUT2D eigenvalue weighted by molar-refractivity contribution is -0.149. The van der Waals surface area contributed by atoms with Crippen molar-refractivity contribution in [3.63, 3.8) is 0 Å². The highest BCUT2D eigenvalue weighted by molar-refractivity contribution is 5.98. The zero-order chi connectivity index (χ0) is 21.6. The summed E-state index contributed by atoms with van der Waals surface area (Å²) in [5.41, 5.74) is -1.38. The molecule has 28 heavy (non-hydrogen) atoms. The summed E-state index contributed by atoms with van der Waals surface area (Å²) >= 11 is 0. The highest BCUT2D eigenvalue weighted by Gasteiger charge is 2.37. The molecule has 1 aromatic rings. The van der Waals surface area contributed by atoms with Crippen LogP contribution in [-0.4, -0.2) is 45.4 Å². The molecule has 9 heteroatoms. The predicted molar refractivity (Wildman–Crippen MR) is 94.7 cm³/mol. The molecule has 154 valence electrons. The number of imide groups is 1. The zero-order valence-electron chi connectivity index (χ0n) is 16.1. The molecule has 0 aromatic heterocycles. The molecule has 0 bridgehead atoms. The van der Waals surface area contributed by atoms with E-state index in [9.17, 15) is 33.1 Å². The average molecular weight is 399 g/mol. The van der Waals surface area contributed by atoms with E-state index in [2.05, 4.69) is 0 Å². The second kappa shape index (κ2) is 9.38. The molecule has 2 amide bonds. The van der Waals surface area contributed by atoms with Crippen molar-refractivity contribution in [3.05, 3.63) is 35.4 Å². The Balaban J connectivity index is 3.05. The first-order valence-corrected chi connectivity index (χ1v) is 8.63. The van der Waals surface area contributed by atoms with Gasteiger partial charge in [0.2, 0.25) is 5.91 Å². The summed E-state index contributed by atoms with van der Waals surface area (Å²) in [4.78, 5) is 48.8. The van der Waals surface area contributed by atoms with Gasteiger partial charge in [0.15, 0.2) is 5.78 Å². The zero-order valence-corrected chi connectivity index (χ0v) is 16.1.